The van der Waals surface area contributed by atoms with E-state index in [0.717, 1.165) is 32.2 Å². The fourth-order valence-corrected chi connectivity index (χ4v) is 4.94. The Morgan fingerprint density at radius 1 is 1.00 bits per heavy atom. The summed E-state index contributed by atoms with van der Waals surface area (Å²) in [7, 11) is -3.25. The van der Waals surface area contributed by atoms with Crippen LogP contribution in [0.4, 0.5) is 11.4 Å². The molecule has 1 aliphatic carbocycles. The maximum atomic E-state index is 12.3. The summed E-state index contributed by atoms with van der Waals surface area (Å²) in [4.78, 5) is 2.45. The monoisotopic (exact) mass is 393 g/mol. The molecular weight excluding hydrogens is 358 g/mol. The fraction of sp³-hybridized carbons (Fsp3) is 0.714. The van der Waals surface area contributed by atoms with E-state index in [-0.39, 0.29) is 6.04 Å². The van der Waals surface area contributed by atoms with Gasteiger partial charge in [-0.2, -0.15) is 0 Å². The maximum absolute atomic E-state index is 12.3. The van der Waals surface area contributed by atoms with Crippen molar-refractivity contribution in [2.24, 2.45) is 5.92 Å². The second-order valence-corrected chi connectivity index (χ2v) is 11.5. The molecule has 1 heterocycles. The molecule has 0 atom stereocenters. The molecule has 3 rings (SSSR count). The molecular formula is C21H35N3O2S. The molecule has 1 aliphatic heterocycles. The van der Waals surface area contributed by atoms with Gasteiger partial charge in [0.2, 0.25) is 10.0 Å². The van der Waals surface area contributed by atoms with Crippen molar-refractivity contribution >= 4 is 21.4 Å². The summed E-state index contributed by atoms with van der Waals surface area (Å²) >= 11 is 0. The van der Waals surface area contributed by atoms with Gasteiger partial charge in [-0.1, -0.05) is 0 Å². The molecule has 1 saturated carbocycles. The third-order valence-electron chi connectivity index (χ3n) is 5.91. The lowest BCUT2D eigenvalue weighted by molar-refractivity contribution is 0.322. The summed E-state index contributed by atoms with van der Waals surface area (Å²) in [6.45, 7) is 8.56. The van der Waals surface area contributed by atoms with Crippen molar-refractivity contribution in [1.82, 2.24) is 4.72 Å². The van der Waals surface area contributed by atoms with Crippen LogP contribution >= 0.6 is 0 Å². The lowest BCUT2D eigenvalue weighted by atomic mass is 9.86. The molecule has 5 nitrogen and oxygen atoms in total. The van der Waals surface area contributed by atoms with Crippen LogP contribution < -0.4 is 14.9 Å². The molecule has 0 bridgehead atoms. The van der Waals surface area contributed by atoms with Crippen LogP contribution in [-0.2, 0) is 10.0 Å². The average molecular weight is 394 g/mol. The molecule has 6 heteroatoms. The molecule has 0 amide bonds. The van der Waals surface area contributed by atoms with Crippen molar-refractivity contribution < 1.29 is 8.42 Å². The van der Waals surface area contributed by atoms with Crippen LogP contribution in [0.3, 0.4) is 0 Å². The molecule has 1 saturated heterocycles. The zero-order valence-electron chi connectivity index (χ0n) is 17.0. The largest absolute Gasteiger partial charge is 0.385 e. The first kappa shape index (κ1) is 20.5. The zero-order valence-corrected chi connectivity index (χ0v) is 17.8. The van der Waals surface area contributed by atoms with Crippen LogP contribution in [-0.4, -0.2) is 38.8 Å². The van der Waals surface area contributed by atoms with Gasteiger partial charge in [0, 0.05) is 37.1 Å². The van der Waals surface area contributed by atoms with Gasteiger partial charge in [-0.15, -0.1) is 0 Å². The minimum Gasteiger partial charge on any atom is -0.385 e. The van der Waals surface area contributed by atoms with Gasteiger partial charge in [-0.25, -0.2) is 13.1 Å². The van der Waals surface area contributed by atoms with E-state index in [0.29, 0.717) is 5.92 Å². The topological polar surface area (TPSA) is 61.4 Å². The second kappa shape index (κ2) is 8.39. The van der Waals surface area contributed by atoms with Crippen molar-refractivity contribution in [1.29, 1.82) is 0 Å². The van der Waals surface area contributed by atoms with Crippen LogP contribution in [0.2, 0.25) is 0 Å². The highest BCUT2D eigenvalue weighted by Gasteiger charge is 2.32. The minimum atomic E-state index is -3.25. The highest BCUT2D eigenvalue weighted by Crippen LogP contribution is 2.27. The fourth-order valence-electron chi connectivity index (χ4n) is 3.91. The van der Waals surface area contributed by atoms with Gasteiger partial charge < -0.3 is 10.2 Å². The Labute approximate surface area is 165 Å². The van der Waals surface area contributed by atoms with Crippen LogP contribution in [0.25, 0.3) is 0 Å². The summed E-state index contributed by atoms with van der Waals surface area (Å²) in [6.07, 6.45) is 6.58. The molecule has 0 radical (unpaired) electrons. The Bertz CT molecular complexity index is 696. The number of nitrogens with one attached hydrogen (secondary N) is 2. The first-order valence-corrected chi connectivity index (χ1v) is 11.8. The van der Waals surface area contributed by atoms with Gasteiger partial charge in [-0.3, -0.25) is 0 Å². The van der Waals surface area contributed by atoms with E-state index in [1.165, 1.54) is 37.3 Å². The molecule has 0 spiro atoms. The number of sulfonamides is 1. The maximum Gasteiger partial charge on any atom is 0.216 e. The van der Waals surface area contributed by atoms with E-state index in [1.807, 2.05) is 0 Å². The third-order valence-corrected chi connectivity index (χ3v) is 8.16. The highest BCUT2D eigenvalue weighted by molar-refractivity contribution is 7.90. The Morgan fingerprint density at radius 2 is 1.59 bits per heavy atom. The van der Waals surface area contributed by atoms with Gasteiger partial charge in [-0.05, 0) is 89.5 Å². The number of anilines is 2. The molecule has 1 aromatic rings. The normalized spacial score (nSPS) is 24.2. The number of rotatable bonds is 6. The van der Waals surface area contributed by atoms with Crippen LogP contribution in [0.1, 0.15) is 59.3 Å². The van der Waals surface area contributed by atoms with E-state index < -0.39 is 14.8 Å². The Balaban J connectivity index is 1.42. The molecule has 2 N–H and O–H groups in total. The number of hydrogen-bond donors (Lipinski definition) is 2. The van der Waals surface area contributed by atoms with Crippen molar-refractivity contribution in [2.45, 2.75) is 70.1 Å². The summed E-state index contributed by atoms with van der Waals surface area (Å²) in [5.74, 6) is 0.610. The SMILES string of the molecule is CC(C)(C)S(=O)(=O)NC1CCC(CNc2ccc(N3CCCC3)cc2)CC1. The van der Waals surface area contributed by atoms with Gasteiger partial charge in [0.05, 0.1) is 4.75 Å². The summed E-state index contributed by atoms with van der Waals surface area (Å²) in [5.41, 5.74) is 2.50. The lowest BCUT2D eigenvalue weighted by Gasteiger charge is -2.31. The summed E-state index contributed by atoms with van der Waals surface area (Å²) < 4.78 is 26.8. The Hall–Kier alpha value is -1.27. The van der Waals surface area contributed by atoms with Gasteiger partial charge in [0.15, 0.2) is 0 Å². The lowest BCUT2D eigenvalue weighted by Crippen LogP contribution is -2.46. The van der Waals surface area contributed by atoms with Crippen LogP contribution in [0.5, 0.6) is 0 Å². The Morgan fingerprint density at radius 3 is 2.15 bits per heavy atom. The van der Waals surface area contributed by atoms with E-state index in [2.05, 4.69) is 39.2 Å². The number of hydrogen-bond acceptors (Lipinski definition) is 4. The predicted octanol–water partition coefficient (Wildman–Crippen LogP) is 3.98. The highest BCUT2D eigenvalue weighted by atomic mass is 32.2. The molecule has 1 aromatic carbocycles. The van der Waals surface area contributed by atoms with Crippen LogP contribution in [0, 0.1) is 5.92 Å². The quantitative estimate of drug-likeness (QED) is 0.767. The average Bonchev–Trinajstić information content (AvgIpc) is 3.15. The second-order valence-electron chi connectivity index (χ2n) is 9.07. The molecule has 2 aliphatic rings. The van der Waals surface area contributed by atoms with Gasteiger partial charge >= 0.3 is 0 Å². The number of benzene rings is 1. The first-order chi connectivity index (χ1) is 12.7. The molecule has 0 aromatic heterocycles. The standard InChI is InChI=1S/C21H35N3O2S/c1-21(2,3)27(25,26)23-19-8-6-17(7-9-19)16-22-18-10-12-20(13-11-18)24-14-4-5-15-24/h10-13,17,19,22-23H,4-9,14-16H2,1-3H3. The van der Waals surface area contributed by atoms with E-state index in [9.17, 15) is 8.42 Å². The smallest absolute Gasteiger partial charge is 0.216 e. The van der Waals surface area contributed by atoms with Crippen molar-refractivity contribution in [3.63, 3.8) is 0 Å². The van der Waals surface area contributed by atoms with E-state index in [4.69, 9.17) is 0 Å². The molecule has 152 valence electrons. The predicted molar refractivity (Wildman–Crippen MR) is 114 cm³/mol. The minimum absolute atomic E-state index is 0.0882. The molecule has 2 fully saturated rings. The summed E-state index contributed by atoms with van der Waals surface area (Å²) in [5, 5.41) is 3.56. The van der Waals surface area contributed by atoms with Crippen molar-refractivity contribution in [2.75, 3.05) is 29.9 Å². The van der Waals surface area contributed by atoms with Crippen molar-refractivity contribution in [3.05, 3.63) is 24.3 Å². The van der Waals surface area contributed by atoms with Gasteiger partial charge in [0.25, 0.3) is 0 Å². The van der Waals surface area contributed by atoms with Crippen molar-refractivity contribution in [3.8, 4) is 0 Å². The van der Waals surface area contributed by atoms with E-state index in [1.54, 1.807) is 20.8 Å². The molecule has 0 unspecified atom stereocenters. The van der Waals surface area contributed by atoms with Crippen LogP contribution in [0.15, 0.2) is 24.3 Å². The van der Waals surface area contributed by atoms with E-state index >= 15 is 0 Å². The third kappa shape index (κ3) is 5.38. The first-order valence-electron chi connectivity index (χ1n) is 10.4. The zero-order chi connectivity index (χ0) is 19.5. The van der Waals surface area contributed by atoms with Gasteiger partial charge in [0.1, 0.15) is 0 Å². The molecule has 27 heavy (non-hydrogen) atoms. The number of nitrogens with zero attached hydrogens (tertiary/aromatic N) is 1. The summed E-state index contributed by atoms with van der Waals surface area (Å²) in [6, 6.07) is 8.87. The Kier molecular flexibility index (Phi) is 6.36.